The molecule has 0 aliphatic rings. The Bertz CT molecular complexity index is 377. The molecule has 17 heteroatoms. The van der Waals surface area contributed by atoms with Gasteiger partial charge in [-0.05, 0) is 0 Å². The maximum absolute atomic E-state index is 10.7. The smallest absolute Gasteiger partial charge is 0.741 e. The fourth-order valence-corrected chi connectivity index (χ4v) is 0. The van der Waals surface area contributed by atoms with Gasteiger partial charge in [-0.25, -0.2) is 16.8 Å². The molecule has 0 atom stereocenters. The minimum Gasteiger partial charge on any atom is -0.741 e. The molecule has 0 amide bonds. The quantitative estimate of drug-likeness (QED) is 0.190. The largest absolute Gasteiger partial charge is 2.00 e. The Balaban J connectivity index is -0.0000000594. The first-order chi connectivity index (χ1) is 6.50. The van der Waals surface area contributed by atoms with Crippen molar-refractivity contribution in [2.45, 2.75) is 11.0 Å². The van der Waals surface area contributed by atoms with Gasteiger partial charge in [0.05, 0.1) is 0 Å². The fourth-order valence-electron chi connectivity index (χ4n) is 0. The van der Waals surface area contributed by atoms with Crippen LogP contribution < -0.4 is 0 Å². The number of halogens is 6. The zero-order chi connectivity index (χ0) is 14.0. The molecule has 4 N–H and O–H groups in total. The SMILES string of the molecule is O.O.O=S(=O)([O-])C(F)(F)F.O=S(=O)([O-])C(F)(F)F.[Pd+2]. The van der Waals surface area contributed by atoms with Crippen molar-refractivity contribution in [1.82, 2.24) is 0 Å². The van der Waals surface area contributed by atoms with Crippen LogP contribution in [0.1, 0.15) is 0 Å². The average molecular weight is 441 g/mol. The van der Waals surface area contributed by atoms with E-state index in [9.17, 15) is 26.3 Å². The molecule has 0 saturated carbocycles. The third-order valence-electron chi connectivity index (χ3n) is 0.567. The van der Waals surface area contributed by atoms with Crippen molar-refractivity contribution in [3.8, 4) is 0 Å². The summed E-state index contributed by atoms with van der Waals surface area (Å²) in [5.74, 6) is 0. The first-order valence-electron chi connectivity index (χ1n) is 2.54. The first-order valence-corrected chi connectivity index (χ1v) is 5.36. The van der Waals surface area contributed by atoms with Gasteiger partial charge in [-0.2, -0.15) is 26.3 Å². The average Bonchev–Trinajstić information content (AvgIpc) is 1.77. The van der Waals surface area contributed by atoms with E-state index in [4.69, 9.17) is 25.9 Å². The van der Waals surface area contributed by atoms with Crippen molar-refractivity contribution in [3.05, 3.63) is 0 Å². The minimum atomic E-state index is -6.09. The molecule has 0 aliphatic carbocycles. The van der Waals surface area contributed by atoms with E-state index in [1.54, 1.807) is 0 Å². The maximum atomic E-state index is 10.7. The number of hydrogen-bond donors (Lipinski definition) is 0. The zero-order valence-corrected chi connectivity index (χ0v) is 11.0. The van der Waals surface area contributed by atoms with E-state index >= 15 is 0 Å². The van der Waals surface area contributed by atoms with Gasteiger partial charge in [0.25, 0.3) is 0 Å². The van der Waals surface area contributed by atoms with E-state index in [2.05, 4.69) is 0 Å². The molecular formula is C2H4F6O8PdS2. The van der Waals surface area contributed by atoms with Crippen molar-refractivity contribution < 1.29 is 83.7 Å². The number of hydrogen-bond acceptors (Lipinski definition) is 6. The summed E-state index contributed by atoms with van der Waals surface area (Å²) in [6.45, 7) is 0. The number of alkyl halides is 6. The molecule has 0 spiro atoms. The summed E-state index contributed by atoms with van der Waals surface area (Å²) >= 11 is 0. The van der Waals surface area contributed by atoms with Crippen LogP contribution in [0.5, 0.6) is 0 Å². The summed E-state index contributed by atoms with van der Waals surface area (Å²) in [6.07, 6.45) is 0. The van der Waals surface area contributed by atoms with Crippen LogP contribution in [0.4, 0.5) is 26.3 Å². The molecular weight excluding hydrogens is 437 g/mol. The summed E-state index contributed by atoms with van der Waals surface area (Å²) in [7, 11) is -12.2. The number of rotatable bonds is 0. The summed E-state index contributed by atoms with van der Waals surface area (Å²) in [5.41, 5.74) is -11.3. The van der Waals surface area contributed by atoms with Crippen LogP contribution in [-0.2, 0) is 40.7 Å². The van der Waals surface area contributed by atoms with Crippen molar-refractivity contribution in [2.75, 3.05) is 0 Å². The van der Waals surface area contributed by atoms with Gasteiger partial charge < -0.3 is 20.1 Å². The molecule has 8 nitrogen and oxygen atoms in total. The third-order valence-corrected chi connectivity index (χ3v) is 1.70. The molecule has 0 bridgehead atoms. The van der Waals surface area contributed by atoms with Crippen LogP contribution in [0, 0.1) is 0 Å². The monoisotopic (exact) mass is 440 g/mol. The summed E-state index contributed by atoms with van der Waals surface area (Å²) < 4.78 is 118. The standard InChI is InChI=1S/2CHF3O3S.2H2O.Pd/c2*2-1(3,4)8(5,6)7;;;/h2*(H,5,6,7);2*1H2;/q;;;;+2/p-2. The predicted molar refractivity (Wildman–Crippen MR) is 38.7 cm³/mol. The van der Waals surface area contributed by atoms with Crippen LogP contribution in [-0.4, -0.2) is 47.9 Å². The molecule has 124 valence electrons. The van der Waals surface area contributed by atoms with Crippen LogP contribution in [0.3, 0.4) is 0 Å². The van der Waals surface area contributed by atoms with Crippen molar-refractivity contribution in [3.63, 3.8) is 0 Å². The second-order valence-corrected chi connectivity index (χ2v) is 4.54. The van der Waals surface area contributed by atoms with E-state index in [1.165, 1.54) is 0 Å². The Morgan fingerprint density at radius 1 is 0.632 bits per heavy atom. The summed E-state index contributed by atoms with van der Waals surface area (Å²) in [4.78, 5) is 0. The molecule has 0 heterocycles. The molecule has 19 heavy (non-hydrogen) atoms. The molecule has 0 saturated heterocycles. The molecule has 0 aromatic carbocycles. The van der Waals surface area contributed by atoms with E-state index in [-0.39, 0.29) is 31.4 Å². The van der Waals surface area contributed by atoms with Gasteiger partial charge in [-0.3, -0.25) is 0 Å². The fraction of sp³-hybridized carbons (Fsp3) is 1.00. The predicted octanol–water partition coefficient (Wildman–Crippen LogP) is -1.55. The first kappa shape index (κ1) is 31.4. The zero-order valence-electron chi connectivity index (χ0n) is 7.85. The Kier molecular flexibility index (Phi) is 14.9. The van der Waals surface area contributed by atoms with E-state index in [0.29, 0.717) is 0 Å². The topological polar surface area (TPSA) is 177 Å². The van der Waals surface area contributed by atoms with Crippen LogP contribution >= 0.6 is 0 Å². The third kappa shape index (κ3) is 14.2. The van der Waals surface area contributed by atoms with Gasteiger partial charge in [-0.15, -0.1) is 0 Å². The Labute approximate surface area is 115 Å². The van der Waals surface area contributed by atoms with E-state index in [0.717, 1.165) is 0 Å². The Hall–Kier alpha value is -0.0177. The minimum absolute atomic E-state index is 0. The second-order valence-electron chi connectivity index (χ2n) is 1.80. The molecule has 0 aromatic rings. The van der Waals surface area contributed by atoms with Gasteiger partial charge in [0, 0.05) is 0 Å². The van der Waals surface area contributed by atoms with Crippen LogP contribution in [0.25, 0.3) is 0 Å². The molecule has 0 radical (unpaired) electrons. The Morgan fingerprint density at radius 2 is 0.684 bits per heavy atom. The van der Waals surface area contributed by atoms with Gasteiger partial charge in [-0.1, -0.05) is 0 Å². The second kappa shape index (κ2) is 9.02. The summed E-state index contributed by atoms with van der Waals surface area (Å²) in [5, 5.41) is 0. The van der Waals surface area contributed by atoms with Crippen LogP contribution in [0.15, 0.2) is 0 Å². The van der Waals surface area contributed by atoms with Gasteiger partial charge in [0.2, 0.25) is 0 Å². The molecule has 0 aliphatic heterocycles. The molecule has 0 aromatic heterocycles. The van der Waals surface area contributed by atoms with Crippen molar-refractivity contribution in [1.29, 1.82) is 0 Å². The van der Waals surface area contributed by atoms with Crippen LogP contribution in [0.2, 0.25) is 0 Å². The van der Waals surface area contributed by atoms with Crippen molar-refractivity contribution >= 4 is 20.2 Å². The molecule has 0 fully saturated rings. The van der Waals surface area contributed by atoms with Gasteiger partial charge in [0.15, 0.2) is 20.2 Å². The van der Waals surface area contributed by atoms with E-state index < -0.39 is 31.3 Å². The normalized spacial score (nSPS) is 11.8. The molecule has 0 unspecified atom stereocenters. The van der Waals surface area contributed by atoms with Gasteiger partial charge >= 0.3 is 31.4 Å². The van der Waals surface area contributed by atoms with Crippen molar-refractivity contribution in [2.24, 2.45) is 0 Å². The van der Waals surface area contributed by atoms with E-state index in [1.807, 2.05) is 0 Å². The molecule has 0 rings (SSSR count). The maximum Gasteiger partial charge on any atom is 2.00 e. The Morgan fingerprint density at radius 3 is 0.684 bits per heavy atom. The summed E-state index contributed by atoms with van der Waals surface area (Å²) in [6, 6.07) is 0. The van der Waals surface area contributed by atoms with Gasteiger partial charge in [0.1, 0.15) is 0 Å².